The summed E-state index contributed by atoms with van der Waals surface area (Å²) in [5.74, 6) is -2.03. The van der Waals surface area contributed by atoms with Crippen LogP contribution in [0.3, 0.4) is 0 Å². The second-order valence-corrected chi connectivity index (χ2v) is 9.18. The second-order valence-electron chi connectivity index (χ2n) is 6.75. The van der Waals surface area contributed by atoms with Crippen LogP contribution in [0.2, 0.25) is 0 Å². The van der Waals surface area contributed by atoms with Crippen molar-refractivity contribution in [3.63, 3.8) is 0 Å². The van der Waals surface area contributed by atoms with Crippen molar-refractivity contribution < 1.29 is 22.4 Å². The number of thiophene rings is 1. The van der Waals surface area contributed by atoms with E-state index in [1.807, 2.05) is 21.5 Å². The van der Waals surface area contributed by atoms with Gasteiger partial charge in [0.05, 0.1) is 6.42 Å². The third-order valence-electron chi connectivity index (χ3n) is 4.75. The van der Waals surface area contributed by atoms with Crippen molar-refractivity contribution in [3.05, 3.63) is 52.0 Å². The molecule has 1 saturated heterocycles. The number of rotatable bonds is 5. The quantitative estimate of drug-likeness (QED) is 0.819. The normalized spacial score (nSPS) is 19.4. The van der Waals surface area contributed by atoms with Crippen LogP contribution in [0, 0.1) is 12.7 Å². The first-order valence-corrected chi connectivity index (χ1v) is 10.7. The molecule has 2 aromatic rings. The third kappa shape index (κ3) is 3.74. The Morgan fingerprint density at radius 1 is 1.33 bits per heavy atom. The lowest BCUT2D eigenvalue weighted by Gasteiger charge is -2.48. The van der Waals surface area contributed by atoms with E-state index in [0.29, 0.717) is 18.5 Å². The van der Waals surface area contributed by atoms with Crippen molar-refractivity contribution >= 4 is 33.2 Å². The molecule has 1 aromatic carbocycles. The van der Waals surface area contributed by atoms with Gasteiger partial charge >= 0.3 is 0 Å². The summed E-state index contributed by atoms with van der Waals surface area (Å²) in [5, 5.41) is 3.70. The van der Waals surface area contributed by atoms with Crippen LogP contribution < -0.4 is 4.72 Å². The molecule has 0 saturated carbocycles. The van der Waals surface area contributed by atoms with Crippen molar-refractivity contribution in [3.8, 4) is 0 Å². The molecule has 1 atom stereocenters. The average molecular weight is 410 g/mol. The Kier molecular flexibility index (Phi) is 5.09. The molecule has 0 spiro atoms. The van der Waals surface area contributed by atoms with Gasteiger partial charge in [-0.3, -0.25) is 9.59 Å². The van der Waals surface area contributed by atoms with Crippen LogP contribution in [0.15, 0.2) is 39.9 Å². The van der Waals surface area contributed by atoms with E-state index in [4.69, 9.17) is 0 Å². The molecule has 1 N–H and O–H groups in total. The number of carbonyl (C=O) groups excluding carboxylic acids is 2. The van der Waals surface area contributed by atoms with E-state index in [9.17, 15) is 22.4 Å². The number of halogens is 1. The molecule has 144 valence electrons. The first-order valence-electron chi connectivity index (χ1n) is 8.28. The maximum atomic E-state index is 13.9. The van der Waals surface area contributed by atoms with Gasteiger partial charge in [-0.25, -0.2) is 17.5 Å². The number of hydrogen-bond donors (Lipinski definition) is 1. The number of nitrogens with zero attached hydrogens (tertiary/aromatic N) is 1. The van der Waals surface area contributed by atoms with E-state index in [0.717, 1.165) is 17.7 Å². The van der Waals surface area contributed by atoms with Gasteiger partial charge in [-0.1, -0.05) is 6.07 Å². The van der Waals surface area contributed by atoms with Crippen LogP contribution in [0.4, 0.5) is 4.39 Å². The largest absolute Gasteiger partial charge is 0.328 e. The summed E-state index contributed by atoms with van der Waals surface area (Å²) in [6, 6.07) is 5.46. The smallest absolute Gasteiger partial charge is 0.267 e. The first kappa shape index (κ1) is 19.5. The first-order chi connectivity index (χ1) is 12.6. The Labute approximate surface area is 161 Å². The maximum absolute atomic E-state index is 13.9. The van der Waals surface area contributed by atoms with Gasteiger partial charge in [0.1, 0.15) is 16.3 Å². The summed E-state index contributed by atoms with van der Waals surface area (Å²) in [6.45, 7) is 3.50. The van der Waals surface area contributed by atoms with Gasteiger partial charge in [0.25, 0.3) is 15.9 Å². The molecule has 1 aliphatic heterocycles. The lowest BCUT2D eigenvalue weighted by atomic mass is 9.85. The van der Waals surface area contributed by atoms with E-state index in [1.165, 1.54) is 29.2 Å². The number of benzene rings is 1. The van der Waals surface area contributed by atoms with Crippen LogP contribution in [-0.4, -0.2) is 37.2 Å². The molecule has 0 radical (unpaired) electrons. The SMILES string of the molecule is Cc1ccc(F)c(S(=O)(=O)NC(=O)C2(C)CCN2C(=O)Cc2ccsc2)c1. The summed E-state index contributed by atoms with van der Waals surface area (Å²) < 4.78 is 40.8. The van der Waals surface area contributed by atoms with E-state index < -0.39 is 32.2 Å². The zero-order valence-electron chi connectivity index (χ0n) is 14.9. The topological polar surface area (TPSA) is 83.6 Å². The minimum atomic E-state index is -4.38. The lowest BCUT2D eigenvalue weighted by Crippen LogP contribution is -2.68. The van der Waals surface area contributed by atoms with Gasteiger partial charge in [0, 0.05) is 6.54 Å². The van der Waals surface area contributed by atoms with Gasteiger partial charge in [-0.05, 0) is 60.4 Å². The molecule has 0 aliphatic carbocycles. The lowest BCUT2D eigenvalue weighted by molar-refractivity contribution is -0.156. The molecule has 9 heteroatoms. The molecule has 1 aromatic heterocycles. The van der Waals surface area contributed by atoms with Crippen molar-refractivity contribution in [2.45, 2.75) is 37.1 Å². The number of aryl methyl sites for hydroxylation is 1. The monoisotopic (exact) mass is 410 g/mol. The molecule has 2 amide bonds. The molecule has 1 aliphatic rings. The van der Waals surface area contributed by atoms with Gasteiger partial charge in [-0.15, -0.1) is 0 Å². The number of carbonyl (C=O) groups is 2. The van der Waals surface area contributed by atoms with Gasteiger partial charge in [-0.2, -0.15) is 11.3 Å². The highest BCUT2D eigenvalue weighted by atomic mass is 32.2. The molecule has 0 bridgehead atoms. The molecule has 2 heterocycles. The summed E-state index contributed by atoms with van der Waals surface area (Å²) in [7, 11) is -4.38. The van der Waals surface area contributed by atoms with Crippen molar-refractivity contribution in [2.75, 3.05) is 6.54 Å². The highest BCUT2D eigenvalue weighted by Crippen LogP contribution is 2.32. The number of amides is 2. The van der Waals surface area contributed by atoms with Gasteiger partial charge < -0.3 is 4.90 Å². The van der Waals surface area contributed by atoms with Gasteiger partial charge in [0.2, 0.25) is 5.91 Å². The zero-order chi connectivity index (χ0) is 19.8. The Balaban J connectivity index is 1.76. The minimum Gasteiger partial charge on any atom is -0.328 e. The van der Waals surface area contributed by atoms with Crippen LogP contribution in [0.25, 0.3) is 0 Å². The summed E-state index contributed by atoms with van der Waals surface area (Å²) >= 11 is 1.47. The van der Waals surface area contributed by atoms with Crippen LogP contribution >= 0.6 is 11.3 Å². The number of likely N-dealkylation sites (tertiary alicyclic amines) is 1. The fourth-order valence-corrected chi connectivity index (χ4v) is 4.87. The number of sulfonamides is 1. The Morgan fingerprint density at radius 2 is 2.07 bits per heavy atom. The number of nitrogens with one attached hydrogen (secondary N) is 1. The maximum Gasteiger partial charge on any atom is 0.267 e. The van der Waals surface area contributed by atoms with Crippen LogP contribution in [0.5, 0.6) is 0 Å². The van der Waals surface area contributed by atoms with Crippen molar-refractivity contribution in [1.82, 2.24) is 9.62 Å². The molecule has 1 fully saturated rings. The van der Waals surface area contributed by atoms with E-state index in [2.05, 4.69) is 0 Å². The van der Waals surface area contributed by atoms with E-state index in [1.54, 1.807) is 6.92 Å². The zero-order valence-corrected chi connectivity index (χ0v) is 16.5. The minimum absolute atomic E-state index is 0.144. The highest BCUT2D eigenvalue weighted by Gasteiger charge is 2.50. The highest BCUT2D eigenvalue weighted by molar-refractivity contribution is 7.90. The third-order valence-corrected chi connectivity index (χ3v) is 6.82. The summed E-state index contributed by atoms with van der Waals surface area (Å²) in [5.41, 5.74) is 0.112. The molecule has 6 nitrogen and oxygen atoms in total. The predicted molar refractivity (Wildman–Crippen MR) is 99.2 cm³/mol. The van der Waals surface area contributed by atoms with Crippen molar-refractivity contribution in [2.24, 2.45) is 0 Å². The van der Waals surface area contributed by atoms with Crippen LogP contribution in [0.1, 0.15) is 24.5 Å². The summed E-state index contributed by atoms with van der Waals surface area (Å²) in [6.07, 6.45) is 0.478. The molecule has 27 heavy (non-hydrogen) atoms. The van der Waals surface area contributed by atoms with Gasteiger partial charge in [0.15, 0.2) is 0 Å². The Morgan fingerprint density at radius 3 is 2.67 bits per heavy atom. The Bertz CT molecular complexity index is 989. The second kappa shape index (κ2) is 7.05. The number of hydrogen-bond acceptors (Lipinski definition) is 5. The van der Waals surface area contributed by atoms with Crippen LogP contribution in [-0.2, 0) is 26.0 Å². The molecular weight excluding hydrogens is 391 g/mol. The van der Waals surface area contributed by atoms with E-state index in [-0.39, 0.29) is 12.3 Å². The average Bonchev–Trinajstić information content (AvgIpc) is 3.07. The molecular formula is C18H19FN2O4S2. The molecule has 3 rings (SSSR count). The standard InChI is InChI=1S/C18H19FN2O4S2/c1-12-3-4-14(19)15(9-12)27(24,25)20-17(23)18(2)6-7-21(18)16(22)10-13-5-8-26-11-13/h3-5,8-9,11H,6-7,10H2,1-2H3,(H,20,23). The summed E-state index contributed by atoms with van der Waals surface area (Å²) in [4.78, 5) is 25.9. The predicted octanol–water partition coefficient (Wildman–Crippen LogP) is 2.23. The Hall–Kier alpha value is -2.26. The fraction of sp³-hybridized carbons (Fsp3) is 0.333. The van der Waals surface area contributed by atoms with E-state index >= 15 is 0 Å². The fourth-order valence-electron chi connectivity index (χ4n) is 2.96. The van der Waals surface area contributed by atoms with Crippen molar-refractivity contribution in [1.29, 1.82) is 0 Å². The molecule has 1 unspecified atom stereocenters.